The van der Waals surface area contributed by atoms with E-state index in [1.165, 1.54) is 32.2 Å². The van der Waals surface area contributed by atoms with Gasteiger partial charge < -0.3 is 10.8 Å². The second-order valence-electron chi connectivity index (χ2n) is 5.07. The van der Waals surface area contributed by atoms with Crippen LogP contribution < -0.4 is 11.3 Å². The second-order valence-corrected chi connectivity index (χ2v) is 7.23. The lowest BCUT2D eigenvalue weighted by Crippen LogP contribution is -2.15. The van der Waals surface area contributed by atoms with Crippen molar-refractivity contribution in [3.8, 4) is 5.75 Å². The zero-order valence-electron chi connectivity index (χ0n) is 12.8. The monoisotopic (exact) mass is 357 g/mol. The highest BCUT2D eigenvalue weighted by Gasteiger charge is 2.14. The van der Waals surface area contributed by atoms with Gasteiger partial charge in [-0.3, -0.25) is 9.20 Å². The number of rotatable bonds is 4. The van der Waals surface area contributed by atoms with Crippen LogP contribution in [-0.2, 0) is 0 Å². The molecule has 3 N–H and O–H groups in total. The summed E-state index contributed by atoms with van der Waals surface area (Å²) in [6.45, 7) is 1.87. The van der Waals surface area contributed by atoms with E-state index in [1.807, 2.05) is 43.3 Å². The lowest BCUT2D eigenvalue weighted by molar-refractivity contribution is 0.446. The van der Waals surface area contributed by atoms with Gasteiger partial charge in [-0.25, -0.2) is 4.98 Å². The van der Waals surface area contributed by atoms with E-state index >= 15 is 0 Å². The van der Waals surface area contributed by atoms with Crippen LogP contribution in [0.15, 0.2) is 64.7 Å². The summed E-state index contributed by atoms with van der Waals surface area (Å²) in [5.74, 6) is -0.361. The van der Waals surface area contributed by atoms with E-state index < -0.39 is 5.56 Å². The largest absolute Gasteiger partial charge is 0.501 e. The smallest absolute Gasteiger partial charge is 0.301 e. The molecule has 0 fully saturated rings. The quantitative estimate of drug-likeness (QED) is 0.550. The molecule has 0 amide bonds. The van der Waals surface area contributed by atoms with Crippen molar-refractivity contribution in [1.82, 2.24) is 9.38 Å². The van der Waals surface area contributed by atoms with Crippen LogP contribution in [0, 0.1) is 6.92 Å². The molecule has 122 valence electrons. The van der Waals surface area contributed by atoms with Gasteiger partial charge in [0.1, 0.15) is 5.65 Å². The molecule has 0 spiro atoms. The molecule has 0 saturated carbocycles. The van der Waals surface area contributed by atoms with Gasteiger partial charge in [0.2, 0.25) is 5.75 Å². The minimum atomic E-state index is -0.482. The van der Waals surface area contributed by atoms with Crippen molar-refractivity contribution in [3.63, 3.8) is 0 Å². The van der Waals surface area contributed by atoms with E-state index in [-0.39, 0.29) is 10.8 Å². The summed E-state index contributed by atoms with van der Waals surface area (Å²) >= 11 is 0. The molecule has 7 heteroatoms. The van der Waals surface area contributed by atoms with E-state index in [0.717, 1.165) is 16.0 Å². The predicted octanol–water partition coefficient (Wildman–Crippen LogP) is 3.41. The van der Waals surface area contributed by atoms with Gasteiger partial charge in [0, 0.05) is 17.3 Å². The highest BCUT2D eigenvalue weighted by molar-refractivity contribution is 8.80. The Morgan fingerprint density at radius 3 is 2.71 bits per heavy atom. The average Bonchev–Trinajstić information content (AvgIpc) is 2.61. The third-order valence-electron chi connectivity index (χ3n) is 3.33. The van der Waals surface area contributed by atoms with Crippen molar-refractivity contribution in [2.24, 2.45) is 5.73 Å². The Labute approximate surface area is 146 Å². The Hall–Kier alpha value is -2.38. The van der Waals surface area contributed by atoms with Crippen molar-refractivity contribution in [2.75, 3.05) is 0 Å². The van der Waals surface area contributed by atoms with Crippen LogP contribution in [0.1, 0.15) is 11.1 Å². The third-order valence-corrected chi connectivity index (χ3v) is 5.67. The van der Waals surface area contributed by atoms with Gasteiger partial charge in [-0.15, -0.1) is 0 Å². The van der Waals surface area contributed by atoms with Gasteiger partial charge in [-0.2, -0.15) is 0 Å². The summed E-state index contributed by atoms with van der Waals surface area (Å²) in [6, 6.07) is 13.3. The molecule has 2 aromatic heterocycles. The Morgan fingerprint density at radius 2 is 2.00 bits per heavy atom. The third kappa shape index (κ3) is 3.27. The number of aromatic hydroxyl groups is 1. The number of nitrogens with two attached hydrogens (primary N) is 1. The summed E-state index contributed by atoms with van der Waals surface area (Å²) < 4.78 is 1.34. The van der Waals surface area contributed by atoms with E-state index in [2.05, 4.69) is 4.98 Å². The fourth-order valence-corrected chi connectivity index (χ4v) is 4.20. The fourth-order valence-electron chi connectivity index (χ4n) is 2.13. The molecule has 3 rings (SSSR count). The molecule has 0 aliphatic rings. The van der Waals surface area contributed by atoms with Gasteiger partial charge in [-0.05, 0) is 45.7 Å². The van der Waals surface area contributed by atoms with Crippen molar-refractivity contribution in [2.45, 2.75) is 11.9 Å². The first-order chi connectivity index (χ1) is 11.6. The zero-order valence-corrected chi connectivity index (χ0v) is 14.5. The number of pyridine rings is 1. The zero-order chi connectivity index (χ0) is 17.1. The summed E-state index contributed by atoms with van der Waals surface area (Å²) in [4.78, 5) is 17.5. The second kappa shape index (κ2) is 7.02. The first-order valence-electron chi connectivity index (χ1n) is 7.14. The van der Waals surface area contributed by atoms with Gasteiger partial charge in [0.25, 0.3) is 0 Å². The number of hydrogen-bond donors (Lipinski definition) is 2. The number of fused-ring (bicyclic) bond motifs is 1. The van der Waals surface area contributed by atoms with Crippen LogP contribution in [0.3, 0.4) is 0 Å². The van der Waals surface area contributed by atoms with Crippen LogP contribution in [0.4, 0.5) is 0 Å². The van der Waals surface area contributed by atoms with Crippen molar-refractivity contribution in [1.29, 1.82) is 0 Å². The average molecular weight is 357 g/mol. The number of aryl methyl sites for hydroxylation is 1. The Bertz CT molecular complexity index is 969. The summed E-state index contributed by atoms with van der Waals surface area (Å²) in [5.41, 5.74) is 7.59. The van der Waals surface area contributed by atoms with Gasteiger partial charge >= 0.3 is 5.56 Å². The lowest BCUT2D eigenvalue weighted by atomic mass is 10.2. The molecule has 0 atom stereocenters. The standard InChI is InChI=1S/C17H15N3O2S2/c1-11-7-8-14-19-16(15(21)17(22)20(14)10-11)24-23-13(9-18)12-5-3-2-4-6-12/h2-10,21H,18H2,1H3/b13-9-. The van der Waals surface area contributed by atoms with Crippen LogP contribution in [-0.4, -0.2) is 14.5 Å². The maximum Gasteiger partial charge on any atom is 0.301 e. The topological polar surface area (TPSA) is 80.6 Å². The van der Waals surface area contributed by atoms with Crippen molar-refractivity contribution < 1.29 is 5.11 Å². The molecule has 1 aromatic carbocycles. The molecule has 3 aromatic rings. The van der Waals surface area contributed by atoms with Crippen molar-refractivity contribution >= 4 is 32.1 Å². The van der Waals surface area contributed by atoms with Crippen LogP contribution in [0.2, 0.25) is 0 Å². The summed E-state index contributed by atoms with van der Waals surface area (Å²) in [5, 5.41) is 10.4. The highest BCUT2D eigenvalue weighted by Crippen LogP contribution is 2.42. The molecule has 2 heterocycles. The first-order valence-corrected chi connectivity index (χ1v) is 9.29. The maximum absolute atomic E-state index is 12.3. The molecule has 0 bridgehead atoms. The highest BCUT2D eigenvalue weighted by atomic mass is 33.1. The SMILES string of the molecule is Cc1ccc2nc(SS/C(=C\N)c3ccccc3)c(O)c(=O)n2c1. The molecule has 5 nitrogen and oxygen atoms in total. The lowest BCUT2D eigenvalue weighted by Gasteiger charge is -2.08. The first kappa shape index (κ1) is 16.5. The summed E-state index contributed by atoms with van der Waals surface area (Å²) in [6.07, 6.45) is 3.16. The molecule has 24 heavy (non-hydrogen) atoms. The van der Waals surface area contributed by atoms with Crippen molar-refractivity contribution in [3.05, 3.63) is 76.3 Å². The van der Waals surface area contributed by atoms with E-state index in [1.54, 1.807) is 12.3 Å². The molecular formula is C17H15N3O2S2. The fraction of sp³-hybridized carbons (Fsp3) is 0.0588. The van der Waals surface area contributed by atoms with Gasteiger partial charge in [0.15, 0.2) is 5.03 Å². The van der Waals surface area contributed by atoms with Crippen LogP contribution in [0.5, 0.6) is 5.75 Å². The van der Waals surface area contributed by atoms with E-state index in [0.29, 0.717) is 5.65 Å². The van der Waals surface area contributed by atoms with Gasteiger partial charge in [-0.1, -0.05) is 36.4 Å². The molecule has 0 aliphatic heterocycles. The predicted molar refractivity (Wildman–Crippen MR) is 99.9 cm³/mol. The Balaban J connectivity index is 1.92. The minimum absolute atomic E-state index is 0.268. The molecular weight excluding hydrogens is 342 g/mol. The van der Waals surface area contributed by atoms with Crippen LogP contribution >= 0.6 is 21.6 Å². The normalized spacial score (nSPS) is 11.8. The number of hydrogen-bond acceptors (Lipinski definition) is 6. The maximum atomic E-state index is 12.3. The number of nitrogens with zero attached hydrogens (tertiary/aromatic N) is 2. The Morgan fingerprint density at radius 1 is 1.25 bits per heavy atom. The number of benzene rings is 1. The summed E-state index contributed by atoms with van der Waals surface area (Å²) in [7, 11) is 2.55. The van der Waals surface area contributed by atoms with E-state index in [9.17, 15) is 9.90 Å². The van der Waals surface area contributed by atoms with E-state index in [4.69, 9.17) is 5.73 Å². The minimum Gasteiger partial charge on any atom is -0.501 e. The molecule has 0 saturated heterocycles. The molecule has 0 radical (unpaired) electrons. The van der Waals surface area contributed by atoms with Crippen LogP contribution in [0.25, 0.3) is 10.6 Å². The number of aromatic nitrogens is 2. The molecule has 0 unspecified atom stereocenters. The van der Waals surface area contributed by atoms with Gasteiger partial charge in [0.05, 0.1) is 0 Å². The molecule has 0 aliphatic carbocycles. The Kier molecular flexibility index (Phi) is 4.82.